The van der Waals surface area contributed by atoms with E-state index >= 15 is 0 Å². The zero-order valence-electron chi connectivity index (χ0n) is 16.8. The van der Waals surface area contributed by atoms with Crippen molar-refractivity contribution in [1.82, 2.24) is 5.32 Å². The maximum atomic E-state index is 11.8. The molecule has 0 aliphatic rings. The van der Waals surface area contributed by atoms with E-state index in [0.717, 1.165) is 24.8 Å². The van der Waals surface area contributed by atoms with Gasteiger partial charge < -0.3 is 19.9 Å². The van der Waals surface area contributed by atoms with Gasteiger partial charge in [0.1, 0.15) is 6.04 Å². The number of carboxylic acids is 1. The van der Waals surface area contributed by atoms with Crippen molar-refractivity contribution in [2.45, 2.75) is 64.3 Å². The van der Waals surface area contributed by atoms with Crippen molar-refractivity contribution in [2.24, 2.45) is 0 Å². The molecule has 1 amide bonds. The van der Waals surface area contributed by atoms with Crippen molar-refractivity contribution < 1.29 is 29.0 Å². The molecule has 0 fully saturated rings. The van der Waals surface area contributed by atoms with Crippen LogP contribution in [0.3, 0.4) is 0 Å². The van der Waals surface area contributed by atoms with Crippen LogP contribution in [0.1, 0.15) is 57.4 Å². The van der Waals surface area contributed by atoms with Crippen LogP contribution in [0.15, 0.2) is 24.3 Å². The van der Waals surface area contributed by atoms with E-state index in [0.29, 0.717) is 30.7 Å². The number of rotatable bonds is 14. The lowest BCUT2D eigenvalue weighted by atomic mass is 10.1. The molecule has 0 radical (unpaired) electrons. The molecule has 1 aromatic rings. The summed E-state index contributed by atoms with van der Waals surface area (Å²) in [5.41, 5.74) is 0.931. The molecule has 1 atom stereocenters. The summed E-state index contributed by atoms with van der Waals surface area (Å²) in [5, 5.41) is 12.2. The zero-order chi connectivity index (χ0) is 21.5. The molecular weight excluding hydrogens is 398 g/mol. The molecule has 0 aromatic heterocycles. The van der Waals surface area contributed by atoms with Crippen LogP contribution in [0.5, 0.6) is 0 Å². The van der Waals surface area contributed by atoms with Crippen LogP contribution >= 0.6 is 11.6 Å². The highest BCUT2D eigenvalue weighted by Gasteiger charge is 2.20. The number of halogens is 1. The number of aryl methyl sites for hydroxylation is 1. The lowest BCUT2D eigenvalue weighted by Crippen LogP contribution is -2.41. The number of carbonyl (C=O) groups excluding carboxylic acids is 2. The van der Waals surface area contributed by atoms with Gasteiger partial charge in [-0.25, -0.2) is 9.59 Å². The first-order valence-corrected chi connectivity index (χ1v) is 10.4. The van der Waals surface area contributed by atoms with Crippen molar-refractivity contribution in [2.75, 3.05) is 13.2 Å². The number of hydrogen-bond acceptors (Lipinski definition) is 5. The van der Waals surface area contributed by atoms with E-state index in [4.69, 9.17) is 21.1 Å². The first kappa shape index (κ1) is 24.8. The van der Waals surface area contributed by atoms with Crippen molar-refractivity contribution in [3.8, 4) is 0 Å². The van der Waals surface area contributed by atoms with Crippen LogP contribution in [-0.2, 0) is 25.5 Å². The highest BCUT2D eigenvalue weighted by molar-refractivity contribution is 6.30. The summed E-state index contributed by atoms with van der Waals surface area (Å²) in [6, 6.07) is 6.06. The Hall–Kier alpha value is -2.28. The maximum absolute atomic E-state index is 11.8. The molecular formula is C21H30ClNO6. The minimum Gasteiger partial charge on any atom is -0.480 e. The first-order chi connectivity index (χ1) is 13.9. The standard InChI is InChI=1S/C21H30ClNO6/c1-2-3-4-7-19(24)28-14-5-6-15-29-21(27)23-18(20(25)26)13-10-16-8-11-17(22)12-9-16/h8-9,11-12,18H,2-7,10,13-15H2,1H3,(H,23,27)(H,25,26). The number of benzene rings is 1. The topological polar surface area (TPSA) is 102 Å². The molecule has 0 bridgehead atoms. The average Bonchev–Trinajstić information content (AvgIpc) is 2.69. The summed E-state index contributed by atoms with van der Waals surface area (Å²) in [7, 11) is 0. The van der Waals surface area contributed by atoms with E-state index in [-0.39, 0.29) is 25.6 Å². The fraction of sp³-hybridized carbons (Fsp3) is 0.571. The van der Waals surface area contributed by atoms with Crippen LogP contribution < -0.4 is 5.32 Å². The second kappa shape index (κ2) is 14.7. The molecule has 0 aliphatic carbocycles. The van der Waals surface area contributed by atoms with Gasteiger partial charge in [-0.05, 0) is 49.8 Å². The van der Waals surface area contributed by atoms with Gasteiger partial charge in [-0.3, -0.25) is 4.79 Å². The lowest BCUT2D eigenvalue weighted by molar-refractivity contribution is -0.144. The Morgan fingerprint density at radius 2 is 1.69 bits per heavy atom. The third kappa shape index (κ3) is 12.0. The number of ether oxygens (including phenoxy) is 2. The Bertz CT molecular complexity index is 635. The Kier molecular flexibility index (Phi) is 12.5. The first-order valence-electron chi connectivity index (χ1n) is 9.98. The smallest absolute Gasteiger partial charge is 0.407 e. The van der Waals surface area contributed by atoms with Gasteiger partial charge in [0.15, 0.2) is 0 Å². The quantitative estimate of drug-likeness (QED) is 0.338. The number of alkyl carbamates (subject to hydrolysis) is 1. The molecule has 29 heavy (non-hydrogen) atoms. The van der Waals surface area contributed by atoms with E-state index in [9.17, 15) is 19.5 Å². The lowest BCUT2D eigenvalue weighted by Gasteiger charge is -2.14. The van der Waals surface area contributed by atoms with Gasteiger partial charge in [-0.2, -0.15) is 0 Å². The average molecular weight is 428 g/mol. The third-order valence-corrected chi connectivity index (χ3v) is 4.50. The molecule has 1 rings (SSSR count). The molecule has 162 valence electrons. The van der Waals surface area contributed by atoms with E-state index in [1.807, 2.05) is 12.1 Å². The summed E-state index contributed by atoms with van der Waals surface area (Å²) in [5.74, 6) is -1.33. The Labute approximate surface area is 176 Å². The Morgan fingerprint density at radius 1 is 1.03 bits per heavy atom. The summed E-state index contributed by atoms with van der Waals surface area (Å²) < 4.78 is 10.1. The molecule has 2 N–H and O–H groups in total. The highest BCUT2D eigenvalue weighted by Crippen LogP contribution is 2.12. The Balaban J connectivity index is 2.18. The molecule has 8 heteroatoms. The van der Waals surface area contributed by atoms with Gasteiger partial charge in [-0.15, -0.1) is 0 Å². The molecule has 1 unspecified atom stereocenters. The van der Waals surface area contributed by atoms with Crippen molar-refractivity contribution >= 4 is 29.6 Å². The van der Waals surface area contributed by atoms with Crippen LogP contribution in [0.25, 0.3) is 0 Å². The van der Waals surface area contributed by atoms with Crippen molar-refractivity contribution in [1.29, 1.82) is 0 Å². The fourth-order valence-electron chi connectivity index (χ4n) is 2.55. The van der Waals surface area contributed by atoms with E-state index < -0.39 is 18.1 Å². The summed E-state index contributed by atoms with van der Waals surface area (Å²) in [6.07, 6.45) is 4.37. The zero-order valence-corrected chi connectivity index (χ0v) is 17.6. The molecule has 0 aliphatic heterocycles. The van der Waals surface area contributed by atoms with Crippen LogP contribution in [-0.4, -0.2) is 42.4 Å². The van der Waals surface area contributed by atoms with E-state index in [2.05, 4.69) is 12.2 Å². The van der Waals surface area contributed by atoms with Gasteiger partial charge >= 0.3 is 18.0 Å². The number of esters is 1. The normalized spacial score (nSPS) is 11.5. The van der Waals surface area contributed by atoms with E-state index in [1.165, 1.54) is 0 Å². The van der Waals surface area contributed by atoms with Gasteiger partial charge in [-0.1, -0.05) is 43.5 Å². The number of unbranched alkanes of at least 4 members (excludes halogenated alkanes) is 3. The molecule has 0 saturated heterocycles. The molecule has 1 aromatic carbocycles. The second-order valence-electron chi connectivity index (χ2n) is 6.72. The third-order valence-electron chi connectivity index (χ3n) is 4.24. The maximum Gasteiger partial charge on any atom is 0.407 e. The largest absolute Gasteiger partial charge is 0.480 e. The van der Waals surface area contributed by atoms with Crippen molar-refractivity contribution in [3.63, 3.8) is 0 Å². The van der Waals surface area contributed by atoms with Crippen molar-refractivity contribution in [3.05, 3.63) is 34.9 Å². The molecule has 0 saturated carbocycles. The number of carbonyl (C=O) groups is 3. The summed E-state index contributed by atoms with van der Waals surface area (Å²) >= 11 is 5.82. The van der Waals surface area contributed by atoms with E-state index in [1.54, 1.807) is 12.1 Å². The van der Waals surface area contributed by atoms with Crippen LogP contribution in [0, 0.1) is 0 Å². The second-order valence-corrected chi connectivity index (χ2v) is 7.16. The molecule has 0 heterocycles. The number of carboxylic acid groups (broad SMARTS) is 1. The summed E-state index contributed by atoms with van der Waals surface area (Å²) in [4.78, 5) is 34.6. The Morgan fingerprint density at radius 3 is 2.31 bits per heavy atom. The van der Waals surface area contributed by atoms with Gasteiger partial charge in [0.2, 0.25) is 0 Å². The predicted octanol–water partition coefficient (Wildman–Crippen LogP) is 4.36. The van der Waals surface area contributed by atoms with Crippen LogP contribution in [0.4, 0.5) is 4.79 Å². The summed E-state index contributed by atoms with van der Waals surface area (Å²) in [6.45, 7) is 2.48. The number of hydrogen-bond donors (Lipinski definition) is 2. The number of nitrogens with one attached hydrogen (secondary N) is 1. The van der Waals surface area contributed by atoms with Gasteiger partial charge in [0.05, 0.1) is 13.2 Å². The van der Waals surface area contributed by atoms with Gasteiger partial charge in [0, 0.05) is 11.4 Å². The highest BCUT2D eigenvalue weighted by atomic mass is 35.5. The molecule has 0 spiro atoms. The number of aliphatic carboxylic acids is 1. The van der Waals surface area contributed by atoms with Crippen LogP contribution in [0.2, 0.25) is 5.02 Å². The fourth-order valence-corrected chi connectivity index (χ4v) is 2.68. The van der Waals surface area contributed by atoms with Gasteiger partial charge in [0.25, 0.3) is 0 Å². The predicted molar refractivity (Wildman–Crippen MR) is 110 cm³/mol. The monoisotopic (exact) mass is 427 g/mol. The molecule has 7 nitrogen and oxygen atoms in total. The SMILES string of the molecule is CCCCCC(=O)OCCCCOC(=O)NC(CCc1ccc(Cl)cc1)C(=O)O. The minimum absolute atomic E-state index is 0.128. The number of amides is 1. The minimum atomic E-state index is -1.12.